The number of benzene rings is 4. The quantitative estimate of drug-likeness (QED) is 0.0388. The Morgan fingerprint density at radius 3 is 1.33 bits per heavy atom. The first kappa shape index (κ1) is 56.4. The SMILES string of the molecule is CN(CC(=O)NCCCOCCOCCOCCCNC(=O)CN(C)S(=O)(=O)c1cc(O)c(O)c2c1CN(Cc1ccc(F)c(Cl)c1)C2=O)S(=O)(=O)c1cc(O)c(O)c2c1CN(Cc1ccc(F)c(Cl)c1)C2=O. The summed E-state index contributed by atoms with van der Waals surface area (Å²) in [6, 6.07) is 9.26. The van der Waals surface area contributed by atoms with Crippen molar-refractivity contribution < 1.29 is 79.4 Å². The molecule has 2 aliphatic heterocycles. The van der Waals surface area contributed by atoms with Crippen LogP contribution < -0.4 is 10.6 Å². The Bertz CT molecular complexity index is 2800. The van der Waals surface area contributed by atoms with Crippen LogP contribution in [0.15, 0.2) is 58.3 Å². The fraction of sp³-hybridized carbons (Fsp3) is 0.391. The molecule has 73 heavy (non-hydrogen) atoms. The van der Waals surface area contributed by atoms with Gasteiger partial charge in [-0.15, -0.1) is 0 Å². The molecule has 0 saturated carbocycles. The van der Waals surface area contributed by atoms with Crippen LogP contribution in [0.2, 0.25) is 10.0 Å². The second-order valence-corrected chi connectivity index (χ2v) is 21.6. The molecule has 2 aliphatic rings. The zero-order chi connectivity index (χ0) is 53.4. The molecule has 0 unspecified atom stereocenters. The first-order valence-electron chi connectivity index (χ1n) is 22.3. The third kappa shape index (κ3) is 13.5. The van der Waals surface area contributed by atoms with Gasteiger partial charge in [0.05, 0.1) is 70.5 Å². The summed E-state index contributed by atoms with van der Waals surface area (Å²) in [6.07, 6.45) is 0.766. The van der Waals surface area contributed by atoms with Crippen molar-refractivity contribution in [3.63, 3.8) is 0 Å². The maximum absolute atomic E-state index is 13.7. The monoisotopic (exact) mass is 1100 g/mol. The molecule has 4 aromatic carbocycles. The van der Waals surface area contributed by atoms with Crippen LogP contribution in [-0.4, -0.2) is 159 Å². The first-order chi connectivity index (χ1) is 34.5. The zero-order valence-corrected chi connectivity index (χ0v) is 42.5. The minimum atomic E-state index is -4.48. The Kier molecular flexibility index (Phi) is 18.9. The Hall–Kier alpha value is -5.90. The third-order valence-corrected chi connectivity index (χ3v) is 15.9. The Morgan fingerprint density at radius 2 is 0.973 bits per heavy atom. The predicted octanol–water partition coefficient (Wildman–Crippen LogP) is 3.41. The predicted molar refractivity (Wildman–Crippen MR) is 257 cm³/mol. The fourth-order valence-corrected chi connectivity index (χ4v) is 10.9. The van der Waals surface area contributed by atoms with E-state index in [1.165, 1.54) is 34.1 Å². The zero-order valence-electron chi connectivity index (χ0n) is 39.3. The van der Waals surface area contributed by atoms with Gasteiger partial charge in [-0.05, 0) is 48.2 Å². The van der Waals surface area contributed by atoms with Gasteiger partial charge in [-0.3, -0.25) is 19.2 Å². The molecule has 27 heteroatoms. The molecule has 4 amide bonds. The molecule has 0 atom stereocenters. The highest BCUT2D eigenvalue weighted by Crippen LogP contribution is 2.44. The molecule has 6 rings (SSSR count). The molecule has 21 nitrogen and oxygen atoms in total. The number of hydrogen-bond donors (Lipinski definition) is 6. The lowest BCUT2D eigenvalue weighted by Crippen LogP contribution is -2.39. The van der Waals surface area contributed by atoms with E-state index in [-0.39, 0.29) is 100 Å². The smallest absolute Gasteiger partial charge is 0.258 e. The number of likely N-dealkylation sites (N-methyl/N-ethyl adjacent to an activating group) is 2. The minimum absolute atomic E-state index is 0.0827. The third-order valence-electron chi connectivity index (χ3n) is 11.5. The number of phenolic OH excluding ortho intramolecular Hbond substituents is 4. The number of phenols is 4. The van der Waals surface area contributed by atoms with E-state index < -0.39 is 112 Å². The van der Waals surface area contributed by atoms with Gasteiger partial charge in [-0.1, -0.05) is 35.3 Å². The van der Waals surface area contributed by atoms with Gasteiger partial charge >= 0.3 is 0 Å². The van der Waals surface area contributed by atoms with Gasteiger partial charge in [0.15, 0.2) is 23.0 Å². The lowest BCUT2D eigenvalue weighted by molar-refractivity contribution is -0.121. The molecular formula is C46H52Cl2F2N6O15S2. The number of carbonyl (C=O) groups excluding carboxylic acids is 4. The molecular weight excluding hydrogens is 1050 g/mol. The number of hydrogen-bond acceptors (Lipinski definition) is 15. The molecule has 0 aliphatic carbocycles. The normalized spacial score (nSPS) is 13.6. The lowest BCUT2D eigenvalue weighted by atomic mass is 10.1. The maximum Gasteiger partial charge on any atom is 0.258 e. The molecule has 0 fully saturated rings. The number of aromatic hydroxyl groups is 4. The van der Waals surface area contributed by atoms with Crippen molar-refractivity contribution in [1.29, 1.82) is 0 Å². The topological polar surface area (TPSA) is 282 Å². The molecule has 0 spiro atoms. The van der Waals surface area contributed by atoms with Crippen molar-refractivity contribution in [2.75, 3.05) is 79.9 Å². The molecule has 2 heterocycles. The largest absolute Gasteiger partial charge is 0.504 e. The van der Waals surface area contributed by atoms with Crippen molar-refractivity contribution in [2.45, 2.75) is 48.8 Å². The summed E-state index contributed by atoms with van der Waals surface area (Å²) in [5.41, 5.74) is -0.113. The summed E-state index contributed by atoms with van der Waals surface area (Å²) in [5.74, 6) is -7.45. The van der Waals surface area contributed by atoms with Crippen molar-refractivity contribution in [3.8, 4) is 23.0 Å². The second-order valence-electron chi connectivity index (χ2n) is 16.8. The van der Waals surface area contributed by atoms with Crippen LogP contribution in [0.1, 0.15) is 55.8 Å². The summed E-state index contributed by atoms with van der Waals surface area (Å²) in [5, 5.41) is 46.6. The summed E-state index contributed by atoms with van der Waals surface area (Å²) in [4.78, 5) is 53.2. The number of amides is 4. The molecule has 6 N–H and O–H groups in total. The number of ether oxygens (including phenoxy) is 3. The highest BCUT2D eigenvalue weighted by atomic mass is 35.5. The number of sulfonamides is 2. The molecule has 396 valence electrons. The molecule has 0 aromatic heterocycles. The van der Waals surface area contributed by atoms with Crippen molar-refractivity contribution in [1.82, 2.24) is 29.0 Å². The number of nitrogens with zero attached hydrogens (tertiary/aromatic N) is 4. The van der Waals surface area contributed by atoms with Crippen LogP contribution in [0.3, 0.4) is 0 Å². The van der Waals surface area contributed by atoms with Gasteiger partial charge < -0.3 is 55.1 Å². The second kappa shape index (κ2) is 24.4. The van der Waals surface area contributed by atoms with E-state index in [1.807, 2.05) is 0 Å². The van der Waals surface area contributed by atoms with E-state index >= 15 is 0 Å². The number of fused-ring (bicyclic) bond motifs is 2. The van der Waals surface area contributed by atoms with E-state index in [9.17, 15) is 65.2 Å². The number of rotatable bonds is 26. The fourth-order valence-electron chi connectivity index (χ4n) is 7.76. The van der Waals surface area contributed by atoms with Crippen molar-refractivity contribution in [3.05, 3.63) is 104 Å². The van der Waals surface area contributed by atoms with E-state index in [0.717, 1.165) is 47.0 Å². The van der Waals surface area contributed by atoms with Gasteiger partial charge in [0.2, 0.25) is 31.9 Å². The van der Waals surface area contributed by atoms with Gasteiger partial charge in [0.1, 0.15) is 11.6 Å². The van der Waals surface area contributed by atoms with Crippen LogP contribution >= 0.6 is 23.2 Å². The van der Waals surface area contributed by atoms with Crippen LogP contribution in [-0.2, 0) is 70.0 Å². The van der Waals surface area contributed by atoms with Crippen molar-refractivity contribution >= 4 is 66.9 Å². The van der Waals surface area contributed by atoms with Crippen molar-refractivity contribution in [2.24, 2.45) is 0 Å². The number of halogens is 4. The van der Waals surface area contributed by atoms with Gasteiger partial charge in [0, 0.05) is 89.8 Å². The number of carbonyl (C=O) groups is 4. The van der Waals surface area contributed by atoms with Gasteiger partial charge in [0.25, 0.3) is 11.8 Å². The Morgan fingerprint density at radius 1 is 0.616 bits per heavy atom. The highest BCUT2D eigenvalue weighted by molar-refractivity contribution is 7.89. The standard InChI is InChI=1S/C46H52Cl2F2N6O15S2/c1-53(72(65,66)37-19-35(57)43(61)41-29(37)23-55(45(41)63)21-27-5-7-33(49)31(47)17-27)25-39(59)51-9-3-11-69-13-15-71-16-14-70-12-4-10-52-40(60)26-54(2)73(67,68)38-20-36(58)44(62)42-30(38)24-56(46(42)64)22-28-6-8-34(50)32(48)18-28/h5-8,17-20,57-58,61-62H,3-4,9-16,21-26H2,1-2H3,(H,51,59)(H,52,60). The van der Waals surface area contributed by atoms with Gasteiger partial charge in [-0.2, -0.15) is 8.61 Å². The number of nitrogens with one attached hydrogen (secondary N) is 2. The Balaban J connectivity index is 0.814. The van der Waals surface area contributed by atoms with Gasteiger partial charge in [-0.25, -0.2) is 25.6 Å². The summed E-state index contributed by atoms with van der Waals surface area (Å²) in [7, 11) is -6.66. The van der Waals surface area contributed by atoms with Crippen LogP contribution in [0, 0.1) is 11.6 Å². The van der Waals surface area contributed by atoms with E-state index in [2.05, 4.69) is 10.6 Å². The van der Waals surface area contributed by atoms with Crippen LogP contribution in [0.4, 0.5) is 8.78 Å². The minimum Gasteiger partial charge on any atom is -0.504 e. The molecule has 4 aromatic rings. The summed E-state index contributed by atoms with van der Waals surface area (Å²) in [6.45, 7) is -0.256. The van der Waals surface area contributed by atoms with Crippen LogP contribution in [0.5, 0.6) is 23.0 Å². The Labute approximate surface area is 428 Å². The maximum atomic E-state index is 13.7. The van der Waals surface area contributed by atoms with E-state index in [1.54, 1.807) is 0 Å². The van der Waals surface area contributed by atoms with E-state index in [4.69, 9.17) is 37.4 Å². The molecule has 0 radical (unpaired) electrons. The summed E-state index contributed by atoms with van der Waals surface area (Å²) < 4.78 is 99.8. The first-order valence-corrected chi connectivity index (χ1v) is 26.0. The van der Waals surface area contributed by atoms with E-state index in [0.29, 0.717) is 24.0 Å². The summed E-state index contributed by atoms with van der Waals surface area (Å²) >= 11 is 11.7. The lowest BCUT2D eigenvalue weighted by Gasteiger charge is -2.19. The highest BCUT2D eigenvalue weighted by Gasteiger charge is 2.40. The van der Waals surface area contributed by atoms with Crippen LogP contribution in [0.25, 0.3) is 0 Å². The molecule has 0 bridgehead atoms. The average molecular weight is 1100 g/mol. The molecule has 0 saturated heterocycles. The average Bonchev–Trinajstić information content (AvgIpc) is 3.83.